The van der Waals surface area contributed by atoms with Gasteiger partial charge in [0, 0.05) is 19.5 Å². The fourth-order valence-corrected chi connectivity index (χ4v) is 3.54. The topological polar surface area (TPSA) is 29.5 Å². The van der Waals surface area contributed by atoms with E-state index in [2.05, 4.69) is 0 Å². The molecule has 0 heterocycles. The Morgan fingerprint density at radius 3 is 2.23 bits per heavy atom. The number of carbonyl (C=O) groups is 1. The molecule has 1 atom stereocenters. The highest BCUT2D eigenvalue weighted by Crippen LogP contribution is 2.32. The van der Waals surface area contributed by atoms with Crippen molar-refractivity contribution in [3.8, 4) is 0 Å². The molecule has 190 valence electrons. The Morgan fingerprint density at radius 2 is 1.57 bits per heavy atom. The van der Waals surface area contributed by atoms with Gasteiger partial charge in [0.05, 0.1) is 5.56 Å². The van der Waals surface area contributed by atoms with Crippen molar-refractivity contribution < 1.29 is 27.1 Å². The smallest absolute Gasteiger partial charge is 0.416 e. The van der Waals surface area contributed by atoms with E-state index in [1.165, 1.54) is 17.0 Å². The first-order chi connectivity index (χ1) is 16.4. The highest BCUT2D eigenvalue weighted by atomic mass is 19.4. The molecule has 0 saturated heterocycles. The minimum atomic E-state index is -4.55. The zero-order valence-corrected chi connectivity index (χ0v) is 20.8. The average molecular weight is 492 g/mol. The van der Waals surface area contributed by atoms with Gasteiger partial charge in [-0.15, -0.1) is 0 Å². The second kappa shape index (κ2) is 12.0. The van der Waals surface area contributed by atoms with Gasteiger partial charge in [-0.3, -0.25) is 0 Å². The minimum absolute atomic E-state index is 0.0183. The van der Waals surface area contributed by atoms with E-state index in [0.717, 1.165) is 28.5 Å². The summed E-state index contributed by atoms with van der Waals surface area (Å²) in [6.07, 6.45) is -6.98. The summed E-state index contributed by atoms with van der Waals surface area (Å²) < 4.78 is 59.4. The quantitative estimate of drug-likeness (QED) is 0.323. The second-order valence-corrected chi connectivity index (χ2v) is 8.92. The number of rotatable bonds is 6. The van der Waals surface area contributed by atoms with Gasteiger partial charge in [0.15, 0.2) is 0 Å². The van der Waals surface area contributed by atoms with Crippen LogP contribution in [0, 0.1) is 0 Å². The Morgan fingerprint density at radius 1 is 0.943 bits per heavy atom. The number of amides is 1. The van der Waals surface area contributed by atoms with E-state index in [9.17, 15) is 22.4 Å². The van der Waals surface area contributed by atoms with Crippen LogP contribution in [0.2, 0.25) is 0 Å². The van der Waals surface area contributed by atoms with Crippen LogP contribution in [0.4, 0.5) is 22.4 Å². The van der Waals surface area contributed by atoms with E-state index in [0.29, 0.717) is 0 Å². The van der Waals surface area contributed by atoms with E-state index in [1.807, 2.05) is 56.3 Å². The molecule has 3 aromatic carbocycles. The third-order valence-corrected chi connectivity index (χ3v) is 5.12. The number of nitrogens with zero attached hydrogens (tertiary/aromatic N) is 1. The molecule has 0 bridgehead atoms. The Balaban J connectivity index is 0.00000210. The number of carbonyl (C=O) groups excluding carboxylic acids is 1. The third kappa shape index (κ3) is 8.26. The van der Waals surface area contributed by atoms with Crippen molar-refractivity contribution in [3.05, 3.63) is 83.4 Å². The predicted octanol–water partition coefficient (Wildman–Crippen LogP) is 8.72. The predicted molar refractivity (Wildman–Crippen MR) is 132 cm³/mol. The zero-order chi connectivity index (χ0) is 26.2. The molecule has 0 aliphatic heterocycles. The summed E-state index contributed by atoms with van der Waals surface area (Å²) in [6, 6.07) is 17.7. The largest absolute Gasteiger partial charge is 0.444 e. The maximum Gasteiger partial charge on any atom is 0.416 e. The van der Waals surface area contributed by atoms with Crippen molar-refractivity contribution in [3.63, 3.8) is 0 Å². The highest BCUT2D eigenvalue weighted by Gasteiger charge is 2.31. The molecule has 0 spiro atoms. The van der Waals surface area contributed by atoms with Crippen molar-refractivity contribution in [1.29, 1.82) is 0 Å². The fraction of sp³-hybridized carbons (Fsp3) is 0.393. The zero-order valence-electron chi connectivity index (χ0n) is 20.8. The van der Waals surface area contributed by atoms with E-state index < -0.39 is 29.6 Å². The van der Waals surface area contributed by atoms with Crippen LogP contribution in [-0.2, 0) is 17.5 Å². The fourth-order valence-electron chi connectivity index (χ4n) is 3.54. The van der Waals surface area contributed by atoms with E-state index >= 15 is 0 Å². The Kier molecular flexibility index (Phi) is 9.69. The lowest BCUT2D eigenvalue weighted by Gasteiger charge is -2.28. The molecule has 1 unspecified atom stereocenters. The van der Waals surface area contributed by atoms with Crippen molar-refractivity contribution in [2.24, 2.45) is 0 Å². The lowest BCUT2D eigenvalue weighted by molar-refractivity contribution is -0.137. The summed E-state index contributed by atoms with van der Waals surface area (Å²) in [4.78, 5) is 14.3. The van der Waals surface area contributed by atoms with Crippen LogP contribution in [0.15, 0.2) is 66.7 Å². The minimum Gasteiger partial charge on any atom is -0.444 e. The normalized spacial score (nSPS) is 12.5. The van der Waals surface area contributed by atoms with Gasteiger partial charge in [0.1, 0.15) is 11.8 Å². The number of fused-ring (bicyclic) bond motifs is 1. The Labute approximate surface area is 204 Å². The number of hydrogen-bond donors (Lipinski definition) is 0. The number of ether oxygens (including phenoxy) is 1. The Hall–Kier alpha value is -3.09. The monoisotopic (exact) mass is 491 g/mol. The van der Waals surface area contributed by atoms with Gasteiger partial charge < -0.3 is 9.64 Å². The molecular formula is C28H33F4NO2. The summed E-state index contributed by atoms with van der Waals surface area (Å²) in [5.74, 6) is 0. The standard InChI is InChI=1S/C26H27F4NO2.C2H6/c1-25(2,3)33-24(32)31(17-20-11-6-9-18-8-4-5-13-22(18)20)15-14-23(27)19-10-7-12-21(16-19)26(28,29)30;1-2/h4-13,16,23H,14-15,17H2,1-3H3;1-2H3. The van der Waals surface area contributed by atoms with E-state index in [4.69, 9.17) is 4.74 Å². The maximum absolute atomic E-state index is 14.9. The summed E-state index contributed by atoms with van der Waals surface area (Å²) in [5, 5.41) is 1.97. The summed E-state index contributed by atoms with van der Waals surface area (Å²) in [5.41, 5.74) is -0.848. The van der Waals surface area contributed by atoms with Crippen molar-refractivity contribution in [2.75, 3.05) is 6.54 Å². The van der Waals surface area contributed by atoms with Crippen LogP contribution in [0.25, 0.3) is 10.8 Å². The van der Waals surface area contributed by atoms with Crippen LogP contribution in [0.3, 0.4) is 0 Å². The molecule has 0 aliphatic carbocycles. The molecule has 0 saturated carbocycles. The number of hydrogen-bond acceptors (Lipinski definition) is 2. The number of halogens is 4. The lowest BCUT2D eigenvalue weighted by Crippen LogP contribution is -2.37. The first-order valence-corrected chi connectivity index (χ1v) is 11.7. The van der Waals surface area contributed by atoms with Gasteiger partial charge in [0.25, 0.3) is 0 Å². The van der Waals surface area contributed by atoms with Crippen LogP contribution < -0.4 is 0 Å². The number of benzene rings is 3. The van der Waals surface area contributed by atoms with Gasteiger partial charge in [-0.05, 0) is 54.8 Å². The maximum atomic E-state index is 14.9. The lowest BCUT2D eigenvalue weighted by atomic mass is 10.0. The van der Waals surface area contributed by atoms with Crippen molar-refractivity contribution in [2.45, 2.75) is 65.5 Å². The van der Waals surface area contributed by atoms with E-state index in [-0.39, 0.29) is 25.1 Å². The molecule has 0 radical (unpaired) electrons. The van der Waals surface area contributed by atoms with Crippen molar-refractivity contribution >= 4 is 16.9 Å². The molecule has 35 heavy (non-hydrogen) atoms. The van der Waals surface area contributed by atoms with Crippen molar-refractivity contribution in [1.82, 2.24) is 4.90 Å². The average Bonchev–Trinajstić information content (AvgIpc) is 2.81. The van der Waals surface area contributed by atoms with Crippen LogP contribution in [-0.4, -0.2) is 23.1 Å². The van der Waals surface area contributed by atoms with Gasteiger partial charge in [-0.2, -0.15) is 13.2 Å². The molecule has 0 aromatic heterocycles. The van der Waals surface area contributed by atoms with Crippen LogP contribution in [0.5, 0.6) is 0 Å². The SMILES string of the molecule is CC.CC(C)(C)OC(=O)N(CCC(F)c1cccc(C(F)(F)F)c1)Cc1cccc2ccccc12. The molecule has 3 nitrogen and oxygen atoms in total. The van der Waals surface area contributed by atoms with Gasteiger partial charge in [0.2, 0.25) is 0 Å². The molecule has 0 N–H and O–H groups in total. The molecule has 3 aromatic rings. The van der Waals surface area contributed by atoms with Crippen LogP contribution >= 0.6 is 0 Å². The number of alkyl halides is 4. The first kappa shape index (κ1) is 28.1. The Bertz CT molecular complexity index is 1100. The second-order valence-electron chi connectivity index (χ2n) is 8.92. The first-order valence-electron chi connectivity index (χ1n) is 11.7. The molecule has 0 fully saturated rings. The van der Waals surface area contributed by atoms with Gasteiger partial charge in [-0.1, -0.05) is 68.4 Å². The third-order valence-electron chi connectivity index (χ3n) is 5.12. The molecule has 3 rings (SSSR count). The summed E-state index contributed by atoms with van der Waals surface area (Å²) >= 11 is 0. The molecule has 7 heteroatoms. The molecular weight excluding hydrogens is 458 g/mol. The van der Waals surface area contributed by atoms with E-state index in [1.54, 1.807) is 20.8 Å². The van der Waals surface area contributed by atoms with Gasteiger partial charge in [-0.25, -0.2) is 9.18 Å². The summed E-state index contributed by atoms with van der Waals surface area (Å²) in [7, 11) is 0. The molecule has 1 amide bonds. The van der Waals surface area contributed by atoms with Gasteiger partial charge >= 0.3 is 12.3 Å². The highest BCUT2D eigenvalue weighted by molar-refractivity contribution is 5.86. The summed E-state index contributed by atoms with van der Waals surface area (Å²) in [6.45, 7) is 9.38. The van der Waals surface area contributed by atoms with Crippen LogP contribution in [0.1, 0.15) is 63.9 Å². The molecule has 0 aliphatic rings.